The normalized spacial score (nSPS) is 23.5. The van der Waals surface area contributed by atoms with Crippen LogP contribution in [0.3, 0.4) is 0 Å². The summed E-state index contributed by atoms with van der Waals surface area (Å²) in [6.45, 7) is 0. The zero-order chi connectivity index (χ0) is 22.8. The summed E-state index contributed by atoms with van der Waals surface area (Å²) in [5.41, 5.74) is 2.10. The van der Waals surface area contributed by atoms with Gasteiger partial charge in [-0.3, -0.25) is 0 Å². The van der Waals surface area contributed by atoms with E-state index < -0.39 is 36.4 Å². The maximum absolute atomic E-state index is 14.7. The Labute approximate surface area is 180 Å². The van der Waals surface area contributed by atoms with Gasteiger partial charge < -0.3 is 5.11 Å². The number of alkyl halides is 3. The lowest BCUT2D eigenvalue weighted by atomic mass is 9.74. The molecule has 2 aliphatic carbocycles. The van der Waals surface area contributed by atoms with Crippen molar-refractivity contribution < 1.29 is 22.7 Å². The van der Waals surface area contributed by atoms with Crippen molar-refractivity contribution in [2.45, 2.75) is 43.4 Å². The first-order valence-corrected chi connectivity index (χ1v) is 10.2. The first-order valence-electron chi connectivity index (χ1n) is 10.2. The maximum atomic E-state index is 14.7. The molecule has 0 amide bonds. The van der Waals surface area contributed by atoms with E-state index in [-0.39, 0.29) is 35.1 Å². The number of fused-ring (bicyclic) bond motifs is 2. The molecule has 2 aromatic carbocycles. The minimum Gasteiger partial charge on any atom is -0.382 e. The van der Waals surface area contributed by atoms with Crippen LogP contribution >= 0.6 is 0 Å². The number of nitrogens with zero attached hydrogens (tertiary/aromatic N) is 4. The van der Waals surface area contributed by atoms with Crippen LogP contribution in [0, 0.1) is 17.1 Å². The summed E-state index contributed by atoms with van der Waals surface area (Å²) in [7, 11) is 1.62. The van der Waals surface area contributed by atoms with E-state index in [0.717, 1.165) is 12.1 Å². The summed E-state index contributed by atoms with van der Waals surface area (Å²) in [6, 6.07) is 7.34. The minimum absolute atomic E-state index is 0.00804. The van der Waals surface area contributed by atoms with Crippen LogP contribution in [0.5, 0.6) is 0 Å². The molecule has 5 nitrogen and oxygen atoms in total. The van der Waals surface area contributed by atoms with Crippen molar-refractivity contribution >= 4 is 0 Å². The second-order valence-electron chi connectivity index (χ2n) is 8.34. The SMILES string of the molecule is Cn1nncc1-c1ccc([C@H]2CC[C@H](F)c3cc(F)cc(C#N)c32)c2c1[C@H](O)C(F)(F)C2. The molecular weight excluding hydrogens is 424 g/mol. The Hall–Kier alpha value is -3.25. The van der Waals surface area contributed by atoms with Crippen molar-refractivity contribution in [2.24, 2.45) is 7.05 Å². The van der Waals surface area contributed by atoms with Crippen molar-refractivity contribution in [3.05, 3.63) is 69.7 Å². The fraction of sp³-hybridized carbons (Fsp3) is 0.348. The second kappa shape index (κ2) is 7.14. The van der Waals surface area contributed by atoms with Gasteiger partial charge in [0.15, 0.2) is 0 Å². The Kier molecular flexibility index (Phi) is 4.60. The average Bonchev–Trinajstić information content (AvgIpc) is 3.28. The Balaban J connectivity index is 1.75. The number of benzene rings is 2. The smallest absolute Gasteiger partial charge is 0.281 e. The number of aryl methyl sites for hydroxylation is 1. The van der Waals surface area contributed by atoms with Gasteiger partial charge in [0.25, 0.3) is 5.92 Å². The van der Waals surface area contributed by atoms with E-state index in [0.29, 0.717) is 22.4 Å². The first kappa shape index (κ1) is 20.6. The molecule has 3 atom stereocenters. The molecule has 3 aromatic rings. The monoisotopic (exact) mass is 442 g/mol. The molecule has 0 aliphatic heterocycles. The van der Waals surface area contributed by atoms with Crippen molar-refractivity contribution in [1.82, 2.24) is 15.0 Å². The molecule has 2 aliphatic rings. The molecule has 5 rings (SSSR count). The quantitative estimate of drug-likeness (QED) is 0.586. The van der Waals surface area contributed by atoms with Gasteiger partial charge in [0.2, 0.25) is 0 Å². The average molecular weight is 442 g/mol. The molecule has 0 unspecified atom stereocenters. The molecule has 1 aromatic heterocycles. The first-order chi connectivity index (χ1) is 15.2. The van der Waals surface area contributed by atoms with Gasteiger partial charge in [-0.1, -0.05) is 17.3 Å². The number of nitriles is 1. The van der Waals surface area contributed by atoms with Crippen LogP contribution in [0.25, 0.3) is 11.3 Å². The van der Waals surface area contributed by atoms with E-state index in [1.54, 1.807) is 19.2 Å². The lowest BCUT2D eigenvalue weighted by Crippen LogP contribution is -2.22. The van der Waals surface area contributed by atoms with E-state index >= 15 is 0 Å². The van der Waals surface area contributed by atoms with Gasteiger partial charge in [0.05, 0.1) is 23.5 Å². The Morgan fingerprint density at radius 2 is 1.97 bits per heavy atom. The van der Waals surface area contributed by atoms with E-state index in [2.05, 4.69) is 10.3 Å². The summed E-state index contributed by atoms with van der Waals surface area (Å²) < 4.78 is 59.5. The Bertz CT molecular complexity index is 1280. The van der Waals surface area contributed by atoms with Gasteiger partial charge in [-0.2, -0.15) is 5.26 Å². The van der Waals surface area contributed by atoms with Gasteiger partial charge in [0, 0.05) is 24.9 Å². The minimum atomic E-state index is -3.39. The highest BCUT2D eigenvalue weighted by Gasteiger charge is 2.50. The number of aliphatic hydroxyl groups excluding tert-OH is 1. The van der Waals surface area contributed by atoms with Crippen LogP contribution in [0.1, 0.15) is 64.4 Å². The number of hydrogen-bond acceptors (Lipinski definition) is 4. The summed E-state index contributed by atoms with van der Waals surface area (Å²) in [6.07, 6.45) is -2.38. The van der Waals surface area contributed by atoms with Crippen LogP contribution < -0.4 is 0 Å². The van der Waals surface area contributed by atoms with Crippen molar-refractivity contribution in [1.29, 1.82) is 5.26 Å². The lowest BCUT2D eigenvalue weighted by Gasteiger charge is -2.31. The molecular formula is C23H18F4N4O. The van der Waals surface area contributed by atoms with Crippen molar-refractivity contribution in [2.75, 3.05) is 0 Å². The fourth-order valence-electron chi connectivity index (χ4n) is 5.12. The molecule has 0 saturated carbocycles. The summed E-state index contributed by atoms with van der Waals surface area (Å²) >= 11 is 0. The third-order valence-corrected chi connectivity index (χ3v) is 6.54. The van der Waals surface area contributed by atoms with Gasteiger partial charge in [-0.15, -0.1) is 5.10 Å². The summed E-state index contributed by atoms with van der Waals surface area (Å²) in [4.78, 5) is 0. The standard InChI is InChI=1S/C23H18F4N4O/c1-31-19(10-29-30-31)15-3-2-13(17-8-23(26,27)22(32)21(15)17)14-4-5-18(25)16-7-12(24)6-11(9-28)20(14)16/h2-3,6-7,10,14,18,22,32H,4-5,8H2,1H3/t14-,18+,22+/m1/s1. The molecule has 0 saturated heterocycles. The number of aromatic nitrogens is 3. The summed E-state index contributed by atoms with van der Waals surface area (Å²) in [5, 5.41) is 27.7. The molecule has 0 radical (unpaired) electrons. The molecule has 1 N–H and O–H groups in total. The summed E-state index contributed by atoms with van der Waals surface area (Å²) in [5.74, 6) is -4.67. The highest BCUT2D eigenvalue weighted by molar-refractivity contribution is 5.70. The van der Waals surface area contributed by atoms with Crippen LogP contribution in [0.2, 0.25) is 0 Å². The largest absolute Gasteiger partial charge is 0.382 e. The lowest BCUT2D eigenvalue weighted by molar-refractivity contribution is -0.0966. The molecule has 164 valence electrons. The van der Waals surface area contributed by atoms with E-state index in [4.69, 9.17) is 0 Å². The van der Waals surface area contributed by atoms with Crippen LogP contribution in [-0.2, 0) is 13.5 Å². The Morgan fingerprint density at radius 3 is 2.66 bits per heavy atom. The molecule has 1 heterocycles. The van der Waals surface area contributed by atoms with Crippen molar-refractivity contribution in [3.8, 4) is 17.3 Å². The van der Waals surface area contributed by atoms with Crippen LogP contribution in [0.15, 0.2) is 30.5 Å². The zero-order valence-corrected chi connectivity index (χ0v) is 17.0. The number of halogens is 4. The number of hydrogen-bond donors (Lipinski definition) is 1. The molecule has 0 bridgehead atoms. The maximum Gasteiger partial charge on any atom is 0.281 e. The van der Waals surface area contributed by atoms with Gasteiger partial charge >= 0.3 is 0 Å². The van der Waals surface area contributed by atoms with Crippen LogP contribution in [-0.4, -0.2) is 26.0 Å². The number of rotatable bonds is 2. The topological polar surface area (TPSA) is 74.7 Å². The predicted molar refractivity (Wildman–Crippen MR) is 106 cm³/mol. The fourth-order valence-corrected chi connectivity index (χ4v) is 5.12. The predicted octanol–water partition coefficient (Wildman–Crippen LogP) is 4.65. The number of aliphatic hydroxyl groups is 1. The third kappa shape index (κ3) is 2.93. The van der Waals surface area contributed by atoms with E-state index in [9.17, 15) is 27.9 Å². The second-order valence-corrected chi connectivity index (χ2v) is 8.34. The van der Waals surface area contributed by atoms with Gasteiger partial charge in [-0.25, -0.2) is 22.2 Å². The highest BCUT2D eigenvalue weighted by atomic mass is 19.3. The van der Waals surface area contributed by atoms with Crippen molar-refractivity contribution in [3.63, 3.8) is 0 Å². The third-order valence-electron chi connectivity index (χ3n) is 6.54. The molecule has 9 heteroatoms. The molecule has 0 spiro atoms. The molecule has 0 fully saturated rings. The zero-order valence-electron chi connectivity index (χ0n) is 17.0. The molecule has 32 heavy (non-hydrogen) atoms. The van der Waals surface area contributed by atoms with E-state index in [1.165, 1.54) is 10.9 Å². The Morgan fingerprint density at radius 1 is 1.19 bits per heavy atom. The van der Waals surface area contributed by atoms with Gasteiger partial charge in [0.1, 0.15) is 18.1 Å². The van der Waals surface area contributed by atoms with Crippen LogP contribution in [0.4, 0.5) is 17.6 Å². The van der Waals surface area contributed by atoms with Gasteiger partial charge in [-0.05, 0) is 52.8 Å². The van der Waals surface area contributed by atoms with E-state index in [1.807, 2.05) is 6.07 Å². The highest BCUT2D eigenvalue weighted by Crippen LogP contribution is 2.52.